The molecule has 1 aromatic heterocycles. The molecule has 3 aromatic rings. The number of ether oxygens (including phenoxy) is 3. The predicted octanol–water partition coefficient (Wildman–Crippen LogP) is 3.44. The molecule has 1 N–H and O–H groups in total. The highest BCUT2D eigenvalue weighted by atomic mass is 32.2. The van der Waals surface area contributed by atoms with Crippen molar-refractivity contribution in [2.45, 2.75) is 11.8 Å². The lowest BCUT2D eigenvalue weighted by Crippen LogP contribution is -2.14. The molecule has 0 saturated carbocycles. The smallest absolute Gasteiger partial charge is 0.270 e. The van der Waals surface area contributed by atoms with Crippen molar-refractivity contribution >= 4 is 18.0 Å². The SMILES string of the molecule is COc1ccc(C=O)cc1COc1ccc(-c2nc(SC)[nH]c(=O)c2C#N)cc1OC. The third-order valence-corrected chi connectivity index (χ3v) is 5.04. The zero-order chi connectivity index (χ0) is 22.4. The van der Waals surface area contributed by atoms with E-state index in [1.165, 1.54) is 18.9 Å². The van der Waals surface area contributed by atoms with Crippen LogP contribution in [0.25, 0.3) is 11.3 Å². The molecular weight excluding hydrogens is 418 g/mol. The summed E-state index contributed by atoms with van der Waals surface area (Å²) in [6.45, 7) is 0.143. The average Bonchev–Trinajstić information content (AvgIpc) is 2.81. The fourth-order valence-electron chi connectivity index (χ4n) is 2.94. The number of nitrogens with one attached hydrogen (secondary N) is 1. The van der Waals surface area contributed by atoms with Crippen LogP contribution in [0.2, 0.25) is 0 Å². The highest BCUT2D eigenvalue weighted by Gasteiger charge is 2.16. The summed E-state index contributed by atoms with van der Waals surface area (Å²) >= 11 is 1.27. The Hall–Kier alpha value is -3.77. The molecule has 0 saturated heterocycles. The maximum atomic E-state index is 12.2. The number of hydrogen-bond donors (Lipinski definition) is 1. The van der Waals surface area contributed by atoms with E-state index in [-0.39, 0.29) is 17.9 Å². The first-order valence-corrected chi connectivity index (χ1v) is 10.3. The number of thioether (sulfide) groups is 1. The number of carbonyl (C=O) groups is 1. The molecule has 8 nitrogen and oxygen atoms in total. The second-order valence-electron chi connectivity index (χ2n) is 6.25. The first kappa shape index (κ1) is 21.9. The van der Waals surface area contributed by atoms with Gasteiger partial charge in [-0.25, -0.2) is 4.98 Å². The third-order valence-electron chi connectivity index (χ3n) is 4.46. The van der Waals surface area contributed by atoms with E-state index in [4.69, 9.17) is 14.2 Å². The number of carbonyl (C=O) groups excluding carboxylic acids is 1. The van der Waals surface area contributed by atoms with Crippen molar-refractivity contribution in [2.75, 3.05) is 20.5 Å². The number of benzene rings is 2. The van der Waals surface area contributed by atoms with Gasteiger partial charge in [0.05, 0.1) is 19.9 Å². The lowest BCUT2D eigenvalue weighted by molar-refractivity contribution is 0.112. The molecule has 3 rings (SSSR count). The Morgan fingerprint density at radius 2 is 1.87 bits per heavy atom. The van der Waals surface area contributed by atoms with Crippen LogP contribution in [-0.4, -0.2) is 36.7 Å². The van der Waals surface area contributed by atoms with E-state index in [2.05, 4.69) is 9.97 Å². The number of methoxy groups -OCH3 is 2. The lowest BCUT2D eigenvalue weighted by atomic mass is 10.1. The molecule has 0 radical (unpaired) electrons. The largest absolute Gasteiger partial charge is 0.496 e. The summed E-state index contributed by atoms with van der Waals surface area (Å²) < 4.78 is 16.7. The van der Waals surface area contributed by atoms with Gasteiger partial charge in [-0.15, -0.1) is 0 Å². The molecule has 0 atom stereocenters. The zero-order valence-corrected chi connectivity index (χ0v) is 17.9. The lowest BCUT2D eigenvalue weighted by Gasteiger charge is -2.14. The third kappa shape index (κ3) is 4.70. The van der Waals surface area contributed by atoms with Crippen LogP contribution in [0.1, 0.15) is 21.5 Å². The van der Waals surface area contributed by atoms with E-state index in [1.807, 2.05) is 6.07 Å². The van der Waals surface area contributed by atoms with E-state index < -0.39 is 5.56 Å². The Kier molecular flexibility index (Phi) is 6.95. The maximum Gasteiger partial charge on any atom is 0.270 e. The minimum Gasteiger partial charge on any atom is -0.496 e. The van der Waals surface area contributed by atoms with Gasteiger partial charge in [0, 0.05) is 16.7 Å². The molecular formula is C22H19N3O5S. The maximum absolute atomic E-state index is 12.2. The van der Waals surface area contributed by atoms with Crippen LogP contribution < -0.4 is 19.8 Å². The second-order valence-corrected chi connectivity index (χ2v) is 7.05. The summed E-state index contributed by atoms with van der Waals surface area (Å²) in [4.78, 5) is 30.2. The number of nitrogens with zero attached hydrogens (tertiary/aromatic N) is 2. The number of aromatic amines is 1. The Morgan fingerprint density at radius 1 is 1.13 bits per heavy atom. The number of aldehydes is 1. The first-order chi connectivity index (χ1) is 15.0. The molecule has 0 aliphatic carbocycles. The van der Waals surface area contributed by atoms with Crippen LogP contribution in [-0.2, 0) is 6.61 Å². The molecule has 2 aromatic carbocycles. The van der Waals surface area contributed by atoms with Crippen LogP contribution in [0.5, 0.6) is 17.2 Å². The Labute approximate surface area is 182 Å². The van der Waals surface area contributed by atoms with Crippen molar-refractivity contribution in [1.82, 2.24) is 9.97 Å². The van der Waals surface area contributed by atoms with Gasteiger partial charge in [0.15, 0.2) is 16.7 Å². The molecule has 1 heterocycles. The van der Waals surface area contributed by atoms with E-state index >= 15 is 0 Å². The number of hydrogen-bond acceptors (Lipinski definition) is 8. The van der Waals surface area contributed by atoms with Crippen molar-refractivity contribution in [1.29, 1.82) is 5.26 Å². The van der Waals surface area contributed by atoms with Crippen LogP contribution in [0.3, 0.4) is 0 Å². The number of aromatic nitrogens is 2. The van der Waals surface area contributed by atoms with Crippen LogP contribution in [0.15, 0.2) is 46.3 Å². The molecule has 0 bridgehead atoms. The van der Waals surface area contributed by atoms with Crippen molar-refractivity contribution in [3.05, 3.63) is 63.4 Å². The van der Waals surface area contributed by atoms with Crippen molar-refractivity contribution in [3.63, 3.8) is 0 Å². The van der Waals surface area contributed by atoms with Gasteiger partial charge in [0.1, 0.15) is 30.3 Å². The van der Waals surface area contributed by atoms with Gasteiger partial charge in [0.2, 0.25) is 0 Å². The molecule has 158 valence electrons. The van der Waals surface area contributed by atoms with Crippen LogP contribution in [0.4, 0.5) is 0 Å². The van der Waals surface area contributed by atoms with Gasteiger partial charge >= 0.3 is 0 Å². The van der Waals surface area contributed by atoms with Crippen molar-refractivity contribution < 1.29 is 19.0 Å². The molecule has 0 fully saturated rings. The van der Waals surface area contributed by atoms with Crippen molar-refractivity contribution in [3.8, 4) is 34.6 Å². The highest BCUT2D eigenvalue weighted by Crippen LogP contribution is 2.34. The molecule has 9 heteroatoms. The topological polar surface area (TPSA) is 114 Å². The van der Waals surface area contributed by atoms with Crippen LogP contribution in [0, 0.1) is 11.3 Å². The van der Waals surface area contributed by atoms with Gasteiger partial charge in [-0.3, -0.25) is 9.59 Å². The minimum atomic E-state index is -0.502. The second kappa shape index (κ2) is 9.82. The average molecular weight is 437 g/mol. The highest BCUT2D eigenvalue weighted by molar-refractivity contribution is 7.98. The predicted molar refractivity (Wildman–Crippen MR) is 116 cm³/mol. The minimum absolute atomic E-state index is 0.0797. The fraction of sp³-hybridized carbons (Fsp3) is 0.182. The number of H-pyrrole nitrogens is 1. The first-order valence-electron chi connectivity index (χ1n) is 9.06. The van der Waals surface area contributed by atoms with E-state index in [9.17, 15) is 14.9 Å². The Balaban J connectivity index is 1.95. The molecule has 31 heavy (non-hydrogen) atoms. The molecule has 0 spiro atoms. The van der Waals surface area contributed by atoms with E-state index in [1.54, 1.807) is 49.8 Å². The molecule has 0 aliphatic heterocycles. The number of rotatable bonds is 8. The molecule has 0 amide bonds. The van der Waals surface area contributed by atoms with Gasteiger partial charge in [0.25, 0.3) is 5.56 Å². The summed E-state index contributed by atoms with van der Waals surface area (Å²) in [6, 6.07) is 12.0. The Morgan fingerprint density at radius 3 is 2.52 bits per heavy atom. The number of nitriles is 1. The summed E-state index contributed by atoms with van der Waals surface area (Å²) in [5.74, 6) is 1.44. The van der Waals surface area contributed by atoms with Gasteiger partial charge in [-0.1, -0.05) is 11.8 Å². The monoisotopic (exact) mass is 437 g/mol. The normalized spacial score (nSPS) is 10.3. The van der Waals surface area contributed by atoms with E-state index in [0.717, 1.165) is 6.29 Å². The summed E-state index contributed by atoms with van der Waals surface area (Å²) in [5, 5.41) is 9.80. The van der Waals surface area contributed by atoms with Gasteiger partial charge < -0.3 is 19.2 Å². The van der Waals surface area contributed by atoms with Gasteiger partial charge in [-0.05, 0) is 42.7 Å². The molecule has 0 aliphatic rings. The standard InChI is InChI=1S/C22H19N3O5S/c1-28-17-6-4-13(11-26)8-15(17)12-30-18-7-5-14(9-19(18)29-2)20-16(10-23)21(27)25-22(24-20)31-3/h4-9,11H,12H2,1-3H3,(H,24,25,27). The van der Waals surface area contributed by atoms with E-state index in [0.29, 0.717) is 39.1 Å². The van der Waals surface area contributed by atoms with Crippen LogP contribution >= 0.6 is 11.8 Å². The van der Waals surface area contributed by atoms with Gasteiger partial charge in [-0.2, -0.15) is 5.26 Å². The fourth-order valence-corrected chi connectivity index (χ4v) is 3.31. The molecule has 0 unspecified atom stereocenters. The summed E-state index contributed by atoms with van der Waals surface area (Å²) in [6.07, 6.45) is 2.53. The zero-order valence-electron chi connectivity index (χ0n) is 17.1. The quantitative estimate of drug-likeness (QED) is 0.324. The Bertz CT molecular complexity index is 1220. The summed E-state index contributed by atoms with van der Waals surface area (Å²) in [5.41, 5.74) is 1.44. The summed E-state index contributed by atoms with van der Waals surface area (Å²) in [7, 11) is 3.03. The van der Waals surface area contributed by atoms with Crippen molar-refractivity contribution in [2.24, 2.45) is 0 Å².